The summed E-state index contributed by atoms with van der Waals surface area (Å²) < 4.78 is 1.09. The molecule has 1 aromatic rings. The monoisotopic (exact) mass is 352 g/mol. The Hall–Kier alpha value is -0.330. The number of hydrogen-bond acceptors (Lipinski definition) is 2. The lowest BCUT2D eigenvalue weighted by molar-refractivity contribution is 0.0791. The molecule has 88 valence electrons. The van der Waals surface area contributed by atoms with E-state index in [1.165, 1.54) is 0 Å². The van der Waals surface area contributed by atoms with Crippen LogP contribution in [-0.4, -0.2) is 29.9 Å². The smallest absolute Gasteiger partial charge is 0.253 e. The normalized spacial score (nSPS) is 19.4. The van der Waals surface area contributed by atoms with Gasteiger partial charge >= 0.3 is 0 Å². The fourth-order valence-electron chi connectivity index (χ4n) is 1.78. The third-order valence-electron chi connectivity index (χ3n) is 2.58. The predicted octanol–water partition coefficient (Wildman–Crippen LogP) is 1.89. The van der Waals surface area contributed by atoms with Crippen LogP contribution < -0.4 is 5.73 Å². The van der Waals surface area contributed by atoms with Gasteiger partial charge in [-0.1, -0.05) is 6.07 Å². The zero-order valence-electron chi connectivity index (χ0n) is 8.73. The number of rotatable bonds is 1. The van der Waals surface area contributed by atoms with Gasteiger partial charge in [-0.15, -0.1) is 12.4 Å². The van der Waals surface area contributed by atoms with Crippen molar-refractivity contribution in [1.29, 1.82) is 0 Å². The Balaban J connectivity index is 0.00000128. The Morgan fingerprint density at radius 3 is 2.81 bits per heavy atom. The van der Waals surface area contributed by atoms with Gasteiger partial charge in [-0.2, -0.15) is 0 Å². The first kappa shape index (κ1) is 13.7. The molecule has 1 aliphatic heterocycles. The van der Waals surface area contributed by atoms with E-state index in [1.54, 1.807) is 0 Å². The molecule has 0 bridgehead atoms. The van der Waals surface area contributed by atoms with Crippen LogP contribution in [0.5, 0.6) is 0 Å². The average Bonchev–Trinajstić information content (AvgIpc) is 2.64. The summed E-state index contributed by atoms with van der Waals surface area (Å²) in [6.45, 7) is 1.47. The first-order valence-corrected chi connectivity index (χ1v) is 6.05. The van der Waals surface area contributed by atoms with E-state index in [4.69, 9.17) is 5.73 Å². The zero-order valence-corrected chi connectivity index (χ0v) is 11.7. The highest BCUT2D eigenvalue weighted by molar-refractivity contribution is 14.1. The molecule has 0 saturated carbocycles. The fourth-order valence-corrected chi connectivity index (χ4v) is 2.32. The van der Waals surface area contributed by atoms with Crippen molar-refractivity contribution in [2.24, 2.45) is 5.73 Å². The topological polar surface area (TPSA) is 46.3 Å². The third-order valence-corrected chi connectivity index (χ3v) is 3.25. The van der Waals surface area contributed by atoms with Crippen molar-refractivity contribution in [1.82, 2.24) is 4.90 Å². The first-order chi connectivity index (χ1) is 7.16. The van der Waals surface area contributed by atoms with E-state index in [9.17, 15) is 4.79 Å². The summed E-state index contributed by atoms with van der Waals surface area (Å²) in [7, 11) is 0. The van der Waals surface area contributed by atoms with Crippen LogP contribution in [0.2, 0.25) is 0 Å². The number of halogens is 2. The highest BCUT2D eigenvalue weighted by atomic mass is 127. The minimum absolute atomic E-state index is 0. The molecule has 1 atom stereocenters. The molecule has 2 N–H and O–H groups in total. The number of nitrogens with zero attached hydrogens (tertiary/aromatic N) is 1. The lowest BCUT2D eigenvalue weighted by atomic mass is 10.2. The molecule has 1 saturated heterocycles. The maximum absolute atomic E-state index is 12.0. The van der Waals surface area contributed by atoms with Gasteiger partial charge in [-0.3, -0.25) is 4.79 Å². The number of likely N-dealkylation sites (tertiary alicyclic amines) is 1. The van der Waals surface area contributed by atoms with Crippen LogP contribution in [0.25, 0.3) is 0 Å². The maximum atomic E-state index is 12.0. The zero-order chi connectivity index (χ0) is 10.8. The molecule has 0 radical (unpaired) electrons. The quantitative estimate of drug-likeness (QED) is 0.785. The van der Waals surface area contributed by atoms with Crippen molar-refractivity contribution in [3.8, 4) is 0 Å². The molecular formula is C11H14ClIN2O. The molecular weight excluding hydrogens is 338 g/mol. The van der Waals surface area contributed by atoms with Gasteiger partial charge in [0.2, 0.25) is 0 Å². The Kier molecular flexibility index (Phi) is 5.01. The molecule has 1 aromatic carbocycles. The molecule has 0 aliphatic carbocycles. The molecule has 1 aliphatic rings. The Bertz CT molecular complexity index is 386. The number of carbonyl (C=O) groups is 1. The number of amides is 1. The molecule has 1 fully saturated rings. The molecule has 1 amide bonds. The van der Waals surface area contributed by atoms with E-state index in [-0.39, 0.29) is 24.4 Å². The Labute approximate surface area is 115 Å². The molecule has 0 spiro atoms. The summed E-state index contributed by atoms with van der Waals surface area (Å²) in [5.74, 6) is 0.0986. The summed E-state index contributed by atoms with van der Waals surface area (Å²) in [6.07, 6.45) is 0.912. The van der Waals surface area contributed by atoms with Crippen molar-refractivity contribution in [3.05, 3.63) is 33.4 Å². The third kappa shape index (κ3) is 3.09. The van der Waals surface area contributed by atoms with Crippen molar-refractivity contribution >= 4 is 40.9 Å². The molecule has 16 heavy (non-hydrogen) atoms. The summed E-state index contributed by atoms with van der Waals surface area (Å²) in [6, 6.07) is 7.80. The number of nitrogens with two attached hydrogens (primary N) is 1. The van der Waals surface area contributed by atoms with Crippen LogP contribution in [0.15, 0.2) is 24.3 Å². The summed E-state index contributed by atoms with van der Waals surface area (Å²) >= 11 is 2.21. The average molecular weight is 353 g/mol. The van der Waals surface area contributed by atoms with Crippen LogP contribution >= 0.6 is 35.0 Å². The largest absolute Gasteiger partial charge is 0.337 e. The molecule has 2 rings (SSSR count). The van der Waals surface area contributed by atoms with Crippen LogP contribution in [0.1, 0.15) is 16.8 Å². The van der Waals surface area contributed by atoms with Gasteiger partial charge in [0.25, 0.3) is 5.91 Å². The van der Waals surface area contributed by atoms with Crippen LogP contribution in [0, 0.1) is 3.57 Å². The SMILES string of the molecule is Cl.N[C@H]1CCN(C(=O)c2cccc(I)c2)C1. The van der Waals surface area contributed by atoms with Gasteiger partial charge in [-0.05, 0) is 47.2 Å². The minimum Gasteiger partial charge on any atom is -0.337 e. The minimum atomic E-state index is 0. The van der Waals surface area contributed by atoms with Crippen molar-refractivity contribution < 1.29 is 4.79 Å². The van der Waals surface area contributed by atoms with Crippen LogP contribution in [-0.2, 0) is 0 Å². The van der Waals surface area contributed by atoms with E-state index in [2.05, 4.69) is 22.6 Å². The number of benzene rings is 1. The molecule has 0 aromatic heterocycles. The van der Waals surface area contributed by atoms with E-state index in [0.29, 0.717) is 6.54 Å². The summed E-state index contributed by atoms with van der Waals surface area (Å²) in [4.78, 5) is 13.8. The van der Waals surface area contributed by atoms with Gasteiger partial charge in [0, 0.05) is 28.3 Å². The van der Waals surface area contributed by atoms with Crippen molar-refractivity contribution in [3.63, 3.8) is 0 Å². The number of carbonyl (C=O) groups excluding carboxylic acids is 1. The van der Waals surface area contributed by atoms with Gasteiger partial charge in [0.1, 0.15) is 0 Å². The standard InChI is InChI=1S/C11H13IN2O.ClH/c12-9-3-1-2-8(6-9)11(15)14-5-4-10(13)7-14;/h1-3,6,10H,4-5,7,13H2;1H/t10-;/m0./s1. The fraction of sp³-hybridized carbons (Fsp3) is 0.364. The van der Waals surface area contributed by atoms with Crippen LogP contribution in [0.4, 0.5) is 0 Å². The predicted molar refractivity (Wildman–Crippen MR) is 74.9 cm³/mol. The van der Waals surface area contributed by atoms with E-state index in [0.717, 1.165) is 22.1 Å². The highest BCUT2D eigenvalue weighted by Gasteiger charge is 2.24. The van der Waals surface area contributed by atoms with Crippen LogP contribution in [0.3, 0.4) is 0 Å². The van der Waals surface area contributed by atoms with Gasteiger partial charge in [0.15, 0.2) is 0 Å². The molecule has 5 heteroatoms. The number of hydrogen-bond donors (Lipinski definition) is 1. The Morgan fingerprint density at radius 1 is 1.50 bits per heavy atom. The second-order valence-corrected chi connectivity index (χ2v) is 5.06. The van der Waals surface area contributed by atoms with Crippen molar-refractivity contribution in [2.45, 2.75) is 12.5 Å². The van der Waals surface area contributed by atoms with E-state index >= 15 is 0 Å². The molecule has 3 nitrogen and oxygen atoms in total. The maximum Gasteiger partial charge on any atom is 0.253 e. The molecule has 1 heterocycles. The molecule has 0 unspecified atom stereocenters. The lowest BCUT2D eigenvalue weighted by Gasteiger charge is -2.15. The van der Waals surface area contributed by atoms with Gasteiger partial charge < -0.3 is 10.6 Å². The summed E-state index contributed by atoms with van der Waals surface area (Å²) in [5, 5.41) is 0. The second kappa shape index (κ2) is 5.84. The first-order valence-electron chi connectivity index (χ1n) is 4.97. The van der Waals surface area contributed by atoms with E-state index < -0.39 is 0 Å². The Morgan fingerprint density at radius 2 is 2.25 bits per heavy atom. The van der Waals surface area contributed by atoms with Gasteiger partial charge in [-0.25, -0.2) is 0 Å². The van der Waals surface area contributed by atoms with Gasteiger partial charge in [0.05, 0.1) is 0 Å². The van der Waals surface area contributed by atoms with E-state index in [1.807, 2.05) is 29.2 Å². The van der Waals surface area contributed by atoms with Crippen molar-refractivity contribution in [2.75, 3.05) is 13.1 Å². The summed E-state index contributed by atoms with van der Waals surface area (Å²) in [5.41, 5.74) is 6.54. The lowest BCUT2D eigenvalue weighted by Crippen LogP contribution is -2.31. The highest BCUT2D eigenvalue weighted by Crippen LogP contribution is 2.14. The second-order valence-electron chi connectivity index (χ2n) is 3.81.